The van der Waals surface area contributed by atoms with E-state index in [0.29, 0.717) is 45.8 Å². The van der Waals surface area contributed by atoms with E-state index >= 15 is 0 Å². The van der Waals surface area contributed by atoms with Gasteiger partial charge in [0.05, 0.1) is 31.1 Å². The molecule has 0 aliphatic carbocycles. The second-order valence-electron chi connectivity index (χ2n) is 8.04. The van der Waals surface area contributed by atoms with Crippen LogP contribution in [0.5, 0.6) is 0 Å². The normalized spacial score (nSPS) is 18.2. The molecule has 2 aromatic rings. The summed E-state index contributed by atoms with van der Waals surface area (Å²) in [6.45, 7) is 5.81. The number of halogens is 2. The van der Waals surface area contributed by atoms with Gasteiger partial charge >= 0.3 is 0 Å². The van der Waals surface area contributed by atoms with E-state index in [1.165, 1.54) is 23.4 Å². The first-order valence-corrected chi connectivity index (χ1v) is 9.84. The van der Waals surface area contributed by atoms with E-state index < -0.39 is 6.43 Å². The van der Waals surface area contributed by atoms with Crippen LogP contribution < -0.4 is 4.90 Å². The van der Waals surface area contributed by atoms with Crippen LogP contribution in [0.15, 0.2) is 18.3 Å². The zero-order valence-corrected chi connectivity index (χ0v) is 16.2. The van der Waals surface area contributed by atoms with E-state index in [2.05, 4.69) is 11.9 Å². The van der Waals surface area contributed by atoms with Gasteiger partial charge in [0.15, 0.2) is 0 Å². The van der Waals surface area contributed by atoms with Crippen LogP contribution in [0.4, 0.5) is 14.5 Å². The maximum Gasteiger partial charge on any atom is 0.280 e. The fourth-order valence-electron chi connectivity index (χ4n) is 4.46. The van der Waals surface area contributed by atoms with E-state index in [1.54, 1.807) is 6.07 Å². The van der Waals surface area contributed by atoms with Crippen LogP contribution >= 0.6 is 0 Å². The average Bonchev–Trinajstić information content (AvgIpc) is 3.31. The first kappa shape index (κ1) is 18.4. The summed E-state index contributed by atoms with van der Waals surface area (Å²) < 4.78 is 31.2. The lowest BCUT2D eigenvalue weighted by Gasteiger charge is -2.41. The molecular formula is C21H22F2N4O2. The van der Waals surface area contributed by atoms with E-state index in [4.69, 9.17) is 9.72 Å². The second kappa shape index (κ2) is 7.02. The molecule has 0 bridgehead atoms. The van der Waals surface area contributed by atoms with Crippen molar-refractivity contribution in [2.45, 2.75) is 46.1 Å². The van der Waals surface area contributed by atoms with Gasteiger partial charge in [0.25, 0.3) is 6.43 Å². The van der Waals surface area contributed by atoms with Gasteiger partial charge in [-0.15, -0.1) is 0 Å². The number of anilines is 1. The van der Waals surface area contributed by atoms with Gasteiger partial charge in [-0.2, -0.15) is 0 Å². The van der Waals surface area contributed by atoms with Gasteiger partial charge in [0.1, 0.15) is 5.69 Å². The Morgan fingerprint density at radius 2 is 2.07 bits per heavy atom. The molecule has 5 heterocycles. The molecule has 0 unspecified atom stereocenters. The number of carbonyl (C=O) groups excluding carboxylic acids is 1. The van der Waals surface area contributed by atoms with Crippen LogP contribution in [0.3, 0.4) is 0 Å². The van der Waals surface area contributed by atoms with Crippen LogP contribution in [0, 0.1) is 12.8 Å². The van der Waals surface area contributed by atoms with Gasteiger partial charge in [-0.25, -0.2) is 8.78 Å². The summed E-state index contributed by atoms with van der Waals surface area (Å²) in [5.74, 6) is 0.369. The molecule has 0 atom stereocenters. The summed E-state index contributed by atoms with van der Waals surface area (Å²) in [5.41, 5.74) is 6.07. The lowest BCUT2D eigenvalue weighted by atomic mass is 9.95. The second-order valence-corrected chi connectivity index (χ2v) is 8.04. The third-order valence-electron chi connectivity index (χ3n) is 6.17. The maximum atomic E-state index is 12.8. The minimum Gasteiger partial charge on any atom is -0.371 e. The molecule has 1 amide bonds. The highest BCUT2D eigenvalue weighted by atomic mass is 19.3. The first-order valence-electron chi connectivity index (χ1n) is 9.84. The number of alkyl halides is 2. The number of pyridine rings is 2. The highest BCUT2D eigenvalue weighted by molar-refractivity contribution is 5.77. The zero-order chi connectivity index (χ0) is 20.1. The monoisotopic (exact) mass is 400 g/mol. The lowest BCUT2D eigenvalue weighted by Crippen LogP contribution is -2.48. The minimum atomic E-state index is -2.57. The van der Waals surface area contributed by atoms with Gasteiger partial charge in [-0.05, 0) is 30.2 Å². The molecule has 1 fully saturated rings. The molecule has 0 spiro atoms. The maximum absolute atomic E-state index is 12.8. The van der Waals surface area contributed by atoms with Gasteiger partial charge < -0.3 is 14.5 Å². The molecule has 3 aliphatic rings. The molecule has 8 heteroatoms. The lowest BCUT2D eigenvalue weighted by molar-refractivity contribution is -0.133. The van der Waals surface area contributed by atoms with Crippen LogP contribution in [-0.4, -0.2) is 33.9 Å². The number of aromatic nitrogens is 2. The van der Waals surface area contributed by atoms with Crippen LogP contribution in [0.1, 0.15) is 46.6 Å². The number of nitrogens with zero attached hydrogens (tertiary/aromatic N) is 4. The SMILES string of the molecule is Cc1c2c(nc3c1CN(C(=O)CC1CN(c4ccnc(C(F)F)c4)C1)C3)COC2. The van der Waals surface area contributed by atoms with E-state index in [0.717, 1.165) is 22.6 Å². The van der Waals surface area contributed by atoms with Crippen molar-refractivity contribution in [2.75, 3.05) is 18.0 Å². The van der Waals surface area contributed by atoms with Crippen molar-refractivity contribution >= 4 is 11.6 Å². The van der Waals surface area contributed by atoms with Crippen LogP contribution in [-0.2, 0) is 35.8 Å². The summed E-state index contributed by atoms with van der Waals surface area (Å²) in [4.78, 5) is 25.1. The van der Waals surface area contributed by atoms with Crippen LogP contribution in [0.25, 0.3) is 0 Å². The van der Waals surface area contributed by atoms with Crippen molar-refractivity contribution in [3.63, 3.8) is 0 Å². The molecular weight excluding hydrogens is 378 g/mol. The Kier molecular flexibility index (Phi) is 4.46. The van der Waals surface area contributed by atoms with Crippen molar-refractivity contribution < 1.29 is 18.3 Å². The Hall–Kier alpha value is -2.61. The molecule has 2 aromatic heterocycles. The van der Waals surface area contributed by atoms with E-state index in [1.807, 2.05) is 9.80 Å². The minimum absolute atomic E-state index is 0.131. The summed E-state index contributed by atoms with van der Waals surface area (Å²) in [7, 11) is 0. The fraction of sp³-hybridized carbons (Fsp3) is 0.476. The van der Waals surface area contributed by atoms with E-state index in [9.17, 15) is 13.6 Å². The van der Waals surface area contributed by atoms with Crippen molar-refractivity contribution in [1.29, 1.82) is 0 Å². The summed E-state index contributed by atoms with van der Waals surface area (Å²) >= 11 is 0. The number of hydrogen-bond acceptors (Lipinski definition) is 5. The summed E-state index contributed by atoms with van der Waals surface area (Å²) in [6.07, 6.45) is -0.691. The highest BCUT2D eigenvalue weighted by Gasteiger charge is 2.34. The zero-order valence-electron chi connectivity index (χ0n) is 16.2. The molecule has 6 nitrogen and oxygen atoms in total. The standard InChI is InChI=1S/C21H22F2N4O2/c1-12-15-8-27(9-18(15)25-19-11-29-10-16(12)19)20(28)4-13-6-26(7-13)14-2-3-24-17(5-14)21(22)23/h2-3,5,13,21H,4,6-11H2,1H3. The van der Waals surface area contributed by atoms with E-state index in [-0.39, 0.29) is 17.5 Å². The largest absolute Gasteiger partial charge is 0.371 e. The van der Waals surface area contributed by atoms with Crippen molar-refractivity contribution in [2.24, 2.45) is 5.92 Å². The quantitative estimate of drug-likeness (QED) is 0.789. The summed E-state index contributed by atoms with van der Waals surface area (Å²) in [5, 5.41) is 0. The van der Waals surface area contributed by atoms with Gasteiger partial charge in [0.2, 0.25) is 5.91 Å². The third-order valence-corrected chi connectivity index (χ3v) is 6.17. The number of amides is 1. The Morgan fingerprint density at radius 1 is 1.24 bits per heavy atom. The molecule has 0 saturated carbocycles. The van der Waals surface area contributed by atoms with Crippen molar-refractivity contribution in [3.05, 3.63) is 52.1 Å². The topological polar surface area (TPSA) is 58.6 Å². The Morgan fingerprint density at radius 3 is 2.86 bits per heavy atom. The van der Waals surface area contributed by atoms with Crippen molar-refractivity contribution in [3.8, 4) is 0 Å². The van der Waals surface area contributed by atoms with Gasteiger partial charge in [0, 0.05) is 49.4 Å². The third kappa shape index (κ3) is 3.25. The van der Waals surface area contributed by atoms with Crippen LogP contribution in [0.2, 0.25) is 0 Å². The number of ether oxygens (including phenoxy) is 1. The Balaban J connectivity index is 1.19. The van der Waals surface area contributed by atoms with Gasteiger partial charge in [-0.3, -0.25) is 14.8 Å². The Labute approximate surface area is 167 Å². The van der Waals surface area contributed by atoms with Gasteiger partial charge in [-0.1, -0.05) is 0 Å². The predicted molar refractivity (Wildman–Crippen MR) is 101 cm³/mol. The summed E-state index contributed by atoms with van der Waals surface area (Å²) in [6, 6.07) is 3.16. The average molecular weight is 400 g/mol. The predicted octanol–water partition coefficient (Wildman–Crippen LogP) is 3.12. The molecule has 0 aromatic carbocycles. The first-order chi connectivity index (χ1) is 14.0. The highest BCUT2D eigenvalue weighted by Crippen LogP contribution is 2.33. The number of hydrogen-bond donors (Lipinski definition) is 0. The van der Waals surface area contributed by atoms with Crippen molar-refractivity contribution in [1.82, 2.24) is 14.9 Å². The molecule has 152 valence electrons. The number of fused-ring (bicyclic) bond motifs is 2. The smallest absolute Gasteiger partial charge is 0.280 e. The molecule has 0 radical (unpaired) electrons. The number of rotatable bonds is 4. The molecule has 1 saturated heterocycles. The molecule has 0 N–H and O–H groups in total. The molecule has 29 heavy (non-hydrogen) atoms. The molecule has 5 rings (SSSR count). The Bertz CT molecular complexity index is 975. The number of carbonyl (C=O) groups is 1. The fourth-order valence-corrected chi connectivity index (χ4v) is 4.46. The molecule has 3 aliphatic heterocycles.